The van der Waals surface area contributed by atoms with Crippen LogP contribution in [0.1, 0.15) is 34.1 Å². The summed E-state index contributed by atoms with van der Waals surface area (Å²) in [6, 6.07) is 6.79. The largest absolute Gasteiger partial charge is 0.338 e. The van der Waals surface area contributed by atoms with Crippen molar-refractivity contribution in [3.63, 3.8) is 0 Å². The molecule has 2 aliphatic heterocycles. The predicted octanol–water partition coefficient (Wildman–Crippen LogP) is 1.02. The molecule has 25 heavy (non-hydrogen) atoms. The zero-order chi connectivity index (χ0) is 17.8. The number of benzene rings is 1. The van der Waals surface area contributed by atoms with Crippen molar-refractivity contribution in [3.05, 3.63) is 35.4 Å². The molecule has 0 spiro atoms. The summed E-state index contributed by atoms with van der Waals surface area (Å²) in [5, 5.41) is 2.88. The van der Waals surface area contributed by atoms with Crippen molar-refractivity contribution in [1.82, 2.24) is 20.0 Å². The van der Waals surface area contributed by atoms with E-state index in [-0.39, 0.29) is 17.8 Å². The molecule has 1 aromatic rings. The molecular formula is C18H24N4O3. The van der Waals surface area contributed by atoms with E-state index in [1.165, 1.54) is 4.90 Å². The van der Waals surface area contributed by atoms with Gasteiger partial charge in [0, 0.05) is 39.3 Å². The van der Waals surface area contributed by atoms with Crippen LogP contribution in [0.2, 0.25) is 0 Å². The van der Waals surface area contributed by atoms with Gasteiger partial charge in [-0.3, -0.25) is 14.5 Å². The summed E-state index contributed by atoms with van der Waals surface area (Å²) >= 11 is 0. The topological polar surface area (TPSA) is 73.0 Å². The second kappa shape index (κ2) is 7.65. The maximum Gasteiger partial charge on any atom is 0.317 e. The Morgan fingerprint density at radius 1 is 1.04 bits per heavy atom. The fraction of sp³-hybridized carbons (Fsp3) is 0.500. The Morgan fingerprint density at radius 3 is 2.20 bits per heavy atom. The molecule has 4 amide bonds. The quantitative estimate of drug-likeness (QED) is 0.639. The highest BCUT2D eigenvalue weighted by Gasteiger charge is 2.34. The van der Waals surface area contributed by atoms with Gasteiger partial charge in [-0.1, -0.05) is 19.1 Å². The van der Waals surface area contributed by atoms with Gasteiger partial charge >= 0.3 is 6.03 Å². The number of carbonyl (C=O) groups excluding carboxylic acids is 3. The summed E-state index contributed by atoms with van der Waals surface area (Å²) in [6.45, 7) is 7.16. The number of nitrogens with one attached hydrogen (secondary N) is 1. The number of nitrogens with zero attached hydrogens (tertiary/aromatic N) is 3. The minimum atomic E-state index is -0.248. The summed E-state index contributed by atoms with van der Waals surface area (Å²) in [7, 11) is 0. The lowest BCUT2D eigenvalue weighted by atomic mass is 10.1. The summed E-state index contributed by atoms with van der Waals surface area (Å²) < 4.78 is 0. The highest BCUT2D eigenvalue weighted by atomic mass is 16.2. The number of rotatable bonds is 5. The molecule has 0 radical (unpaired) electrons. The number of piperazine rings is 1. The minimum Gasteiger partial charge on any atom is -0.338 e. The standard InChI is InChI=1S/C18H24N4O3/c1-2-20-10-12-21(13-11-20)18(25)19-8-5-9-22-16(23)14-6-3-4-7-15(14)17(22)24/h3-4,6-7H,2,5,8-13H2,1H3,(H,19,25). The molecule has 1 fully saturated rings. The van der Waals surface area contributed by atoms with Crippen LogP contribution in [0.5, 0.6) is 0 Å². The second-order valence-electron chi connectivity index (χ2n) is 6.31. The van der Waals surface area contributed by atoms with Crippen LogP contribution in [-0.4, -0.2) is 78.4 Å². The molecule has 0 bridgehead atoms. The first kappa shape index (κ1) is 17.4. The Morgan fingerprint density at radius 2 is 1.64 bits per heavy atom. The predicted molar refractivity (Wildman–Crippen MR) is 93.5 cm³/mol. The average molecular weight is 344 g/mol. The summed E-state index contributed by atoms with van der Waals surface area (Å²) in [6.07, 6.45) is 0.548. The lowest BCUT2D eigenvalue weighted by Gasteiger charge is -2.34. The van der Waals surface area contributed by atoms with Crippen LogP contribution in [0, 0.1) is 0 Å². The third-order valence-electron chi connectivity index (χ3n) is 4.82. The SMILES string of the molecule is CCN1CCN(C(=O)NCCCN2C(=O)c3ccccc3C2=O)CC1. The molecule has 3 rings (SSSR count). The Bertz CT molecular complexity index is 633. The number of imide groups is 1. The number of urea groups is 1. The summed E-state index contributed by atoms with van der Waals surface area (Å²) in [5.74, 6) is -0.495. The van der Waals surface area contributed by atoms with E-state index in [0.717, 1.165) is 32.7 Å². The third-order valence-corrected chi connectivity index (χ3v) is 4.82. The zero-order valence-electron chi connectivity index (χ0n) is 14.5. The maximum atomic E-state index is 12.2. The average Bonchev–Trinajstić information content (AvgIpc) is 2.90. The molecule has 1 saturated heterocycles. The monoisotopic (exact) mass is 344 g/mol. The first-order valence-electron chi connectivity index (χ1n) is 8.82. The van der Waals surface area contributed by atoms with Crippen LogP contribution in [0.25, 0.3) is 0 Å². The molecule has 7 heteroatoms. The molecule has 0 aliphatic carbocycles. The minimum absolute atomic E-state index is 0.0712. The van der Waals surface area contributed by atoms with Gasteiger partial charge in [-0.05, 0) is 25.1 Å². The van der Waals surface area contributed by atoms with Crippen molar-refractivity contribution in [2.24, 2.45) is 0 Å². The normalized spacial score (nSPS) is 17.8. The number of hydrogen-bond acceptors (Lipinski definition) is 4. The van der Waals surface area contributed by atoms with Crippen LogP contribution in [0.4, 0.5) is 4.79 Å². The lowest BCUT2D eigenvalue weighted by Crippen LogP contribution is -2.51. The zero-order valence-corrected chi connectivity index (χ0v) is 14.5. The van der Waals surface area contributed by atoms with Gasteiger partial charge < -0.3 is 15.1 Å². The van der Waals surface area contributed by atoms with Crippen LogP contribution in [0.15, 0.2) is 24.3 Å². The van der Waals surface area contributed by atoms with E-state index in [1.54, 1.807) is 24.3 Å². The molecular weight excluding hydrogens is 320 g/mol. The highest BCUT2D eigenvalue weighted by molar-refractivity contribution is 6.21. The molecule has 2 aliphatic rings. The van der Waals surface area contributed by atoms with E-state index in [2.05, 4.69) is 17.1 Å². The summed E-state index contributed by atoms with van der Waals surface area (Å²) in [5.41, 5.74) is 0.927. The fourth-order valence-corrected chi connectivity index (χ4v) is 3.25. The van der Waals surface area contributed by atoms with Crippen molar-refractivity contribution in [3.8, 4) is 0 Å². The molecule has 0 unspecified atom stereocenters. The molecule has 134 valence electrons. The van der Waals surface area contributed by atoms with Gasteiger partial charge in [0.05, 0.1) is 11.1 Å². The molecule has 0 aromatic heterocycles. The number of amides is 4. The molecule has 2 heterocycles. The Balaban J connectivity index is 1.41. The van der Waals surface area contributed by atoms with Crippen LogP contribution < -0.4 is 5.32 Å². The Kier molecular flexibility index (Phi) is 5.33. The van der Waals surface area contributed by atoms with Gasteiger partial charge in [0.2, 0.25) is 0 Å². The fourth-order valence-electron chi connectivity index (χ4n) is 3.25. The van der Waals surface area contributed by atoms with E-state index in [1.807, 2.05) is 4.90 Å². The first-order valence-corrected chi connectivity index (χ1v) is 8.82. The number of carbonyl (C=O) groups is 3. The van der Waals surface area contributed by atoms with Crippen molar-refractivity contribution < 1.29 is 14.4 Å². The van der Waals surface area contributed by atoms with Crippen LogP contribution in [0.3, 0.4) is 0 Å². The summed E-state index contributed by atoms with van der Waals surface area (Å²) in [4.78, 5) is 42.0. The van der Waals surface area contributed by atoms with Gasteiger partial charge in [0.1, 0.15) is 0 Å². The molecule has 1 N–H and O–H groups in total. The van der Waals surface area contributed by atoms with Crippen molar-refractivity contribution in [1.29, 1.82) is 0 Å². The van der Waals surface area contributed by atoms with Crippen molar-refractivity contribution >= 4 is 17.8 Å². The van der Waals surface area contributed by atoms with Gasteiger partial charge in [0.15, 0.2) is 0 Å². The van der Waals surface area contributed by atoms with E-state index in [9.17, 15) is 14.4 Å². The smallest absolute Gasteiger partial charge is 0.317 e. The van der Waals surface area contributed by atoms with E-state index >= 15 is 0 Å². The first-order chi connectivity index (χ1) is 12.1. The van der Waals surface area contributed by atoms with Gasteiger partial charge in [-0.15, -0.1) is 0 Å². The maximum absolute atomic E-state index is 12.2. The van der Waals surface area contributed by atoms with Crippen LogP contribution >= 0.6 is 0 Å². The third kappa shape index (κ3) is 3.66. The van der Waals surface area contributed by atoms with Gasteiger partial charge in [-0.25, -0.2) is 4.79 Å². The number of likely N-dealkylation sites (N-methyl/N-ethyl adjacent to an activating group) is 1. The molecule has 0 saturated carbocycles. The van der Waals surface area contributed by atoms with Crippen LogP contribution in [-0.2, 0) is 0 Å². The Hall–Kier alpha value is -2.41. The number of fused-ring (bicyclic) bond motifs is 1. The number of hydrogen-bond donors (Lipinski definition) is 1. The molecule has 7 nitrogen and oxygen atoms in total. The van der Waals surface area contributed by atoms with E-state index < -0.39 is 0 Å². The molecule has 1 aromatic carbocycles. The van der Waals surface area contributed by atoms with Gasteiger partial charge in [0.25, 0.3) is 11.8 Å². The van der Waals surface area contributed by atoms with E-state index in [0.29, 0.717) is 30.6 Å². The molecule has 0 atom stereocenters. The lowest BCUT2D eigenvalue weighted by molar-refractivity contribution is 0.0653. The van der Waals surface area contributed by atoms with Crippen molar-refractivity contribution in [2.45, 2.75) is 13.3 Å². The highest BCUT2D eigenvalue weighted by Crippen LogP contribution is 2.22. The van der Waals surface area contributed by atoms with E-state index in [4.69, 9.17) is 0 Å². The second-order valence-corrected chi connectivity index (χ2v) is 6.31. The Labute approximate surface area is 147 Å². The van der Waals surface area contributed by atoms with Crippen molar-refractivity contribution in [2.75, 3.05) is 45.8 Å². The van der Waals surface area contributed by atoms with Gasteiger partial charge in [-0.2, -0.15) is 0 Å².